The van der Waals surface area contributed by atoms with Crippen molar-refractivity contribution in [2.24, 2.45) is 0 Å². The number of hydrogen-bond acceptors (Lipinski definition) is 3. The number of likely N-dealkylation sites (tertiary alicyclic amines) is 1. The van der Waals surface area contributed by atoms with Crippen LogP contribution in [0.2, 0.25) is 0 Å². The first kappa shape index (κ1) is 17.1. The van der Waals surface area contributed by atoms with E-state index in [1.165, 1.54) is 11.1 Å². The van der Waals surface area contributed by atoms with Gasteiger partial charge >= 0.3 is 0 Å². The highest BCUT2D eigenvalue weighted by molar-refractivity contribution is 5.97. The zero-order chi connectivity index (χ0) is 17.9. The molecule has 2 aromatic rings. The zero-order valence-electron chi connectivity index (χ0n) is 15.4. The van der Waals surface area contributed by atoms with Crippen molar-refractivity contribution in [1.29, 1.82) is 0 Å². The maximum absolute atomic E-state index is 13.1. The van der Waals surface area contributed by atoms with E-state index >= 15 is 0 Å². The fourth-order valence-electron chi connectivity index (χ4n) is 4.18. The Bertz CT molecular complexity index is 774. The largest absolute Gasteiger partial charge is 0.385 e. The number of carbonyl (C=O) groups excluding carboxylic acids is 1. The molecular formula is C22H27N3O. The van der Waals surface area contributed by atoms with Gasteiger partial charge in [0.1, 0.15) is 0 Å². The van der Waals surface area contributed by atoms with Crippen LogP contribution in [-0.4, -0.2) is 48.4 Å². The topological polar surface area (TPSA) is 35.6 Å². The Kier molecular flexibility index (Phi) is 4.93. The van der Waals surface area contributed by atoms with Gasteiger partial charge < -0.3 is 10.2 Å². The standard InChI is InChI=1S/C22H27N3O/c1-24(18-12-14-25(16-18)15-17-7-3-2-4-8-17)22(26)20-9-5-11-21-19(20)10-6-13-23-21/h2-5,7-9,11,18,23H,6,10,12-16H2,1H3. The zero-order valence-corrected chi connectivity index (χ0v) is 15.4. The Morgan fingerprint density at radius 3 is 2.88 bits per heavy atom. The molecule has 4 heteroatoms. The lowest BCUT2D eigenvalue weighted by atomic mass is 9.96. The number of rotatable bonds is 4. The van der Waals surface area contributed by atoms with Crippen molar-refractivity contribution < 1.29 is 4.79 Å². The van der Waals surface area contributed by atoms with E-state index in [9.17, 15) is 4.79 Å². The van der Waals surface area contributed by atoms with E-state index in [0.717, 1.165) is 56.7 Å². The molecule has 2 aliphatic rings. The summed E-state index contributed by atoms with van der Waals surface area (Å²) >= 11 is 0. The van der Waals surface area contributed by atoms with E-state index in [4.69, 9.17) is 0 Å². The summed E-state index contributed by atoms with van der Waals surface area (Å²) in [7, 11) is 1.97. The van der Waals surface area contributed by atoms with Crippen molar-refractivity contribution in [1.82, 2.24) is 9.80 Å². The van der Waals surface area contributed by atoms with E-state index in [0.29, 0.717) is 6.04 Å². The molecule has 26 heavy (non-hydrogen) atoms. The molecule has 0 radical (unpaired) electrons. The third-order valence-corrected chi connectivity index (χ3v) is 5.69. The van der Waals surface area contributed by atoms with Crippen LogP contribution in [-0.2, 0) is 13.0 Å². The highest BCUT2D eigenvalue weighted by Gasteiger charge is 2.30. The van der Waals surface area contributed by atoms with E-state index < -0.39 is 0 Å². The molecule has 136 valence electrons. The molecule has 1 saturated heterocycles. The molecular weight excluding hydrogens is 322 g/mol. The lowest BCUT2D eigenvalue weighted by Gasteiger charge is -2.28. The smallest absolute Gasteiger partial charge is 0.254 e. The van der Waals surface area contributed by atoms with Crippen molar-refractivity contribution in [3.8, 4) is 0 Å². The molecule has 1 unspecified atom stereocenters. The van der Waals surface area contributed by atoms with Gasteiger partial charge in [0.15, 0.2) is 0 Å². The van der Waals surface area contributed by atoms with Crippen LogP contribution < -0.4 is 5.32 Å². The molecule has 0 aromatic heterocycles. The van der Waals surface area contributed by atoms with Crippen LogP contribution in [0.15, 0.2) is 48.5 Å². The molecule has 0 saturated carbocycles. The summed E-state index contributed by atoms with van der Waals surface area (Å²) in [6, 6.07) is 16.9. The number of nitrogens with one attached hydrogen (secondary N) is 1. The van der Waals surface area contributed by atoms with Gasteiger partial charge in [0.05, 0.1) is 0 Å². The Morgan fingerprint density at radius 2 is 2.04 bits per heavy atom. The fourth-order valence-corrected chi connectivity index (χ4v) is 4.18. The normalized spacial score (nSPS) is 19.7. The van der Waals surface area contributed by atoms with Gasteiger partial charge in [-0.3, -0.25) is 9.69 Å². The number of carbonyl (C=O) groups is 1. The van der Waals surface area contributed by atoms with Gasteiger partial charge in [-0.25, -0.2) is 0 Å². The molecule has 2 heterocycles. The second-order valence-electron chi connectivity index (χ2n) is 7.44. The van der Waals surface area contributed by atoms with Gasteiger partial charge in [-0.15, -0.1) is 0 Å². The van der Waals surface area contributed by atoms with Crippen LogP contribution in [0.5, 0.6) is 0 Å². The van der Waals surface area contributed by atoms with Crippen molar-refractivity contribution in [2.75, 3.05) is 32.0 Å². The van der Waals surface area contributed by atoms with Gasteiger partial charge in [0.2, 0.25) is 0 Å². The van der Waals surface area contributed by atoms with Gasteiger partial charge in [-0.2, -0.15) is 0 Å². The Balaban J connectivity index is 1.43. The van der Waals surface area contributed by atoms with Crippen molar-refractivity contribution >= 4 is 11.6 Å². The summed E-state index contributed by atoms with van der Waals surface area (Å²) in [5, 5.41) is 3.42. The summed E-state index contributed by atoms with van der Waals surface area (Å²) in [5.74, 6) is 0.164. The van der Waals surface area contributed by atoms with Crippen LogP contribution in [0, 0.1) is 0 Å². The van der Waals surface area contributed by atoms with E-state index in [-0.39, 0.29) is 5.91 Å². The summed E-state index contributed by atoms with van der Waals surface area (Å²) in [5.41, 5.74) is 4.53. The van der Waals surface area contributed by atoms with Crippen LogP contribution in [0.1, 0.15) is 34.3 Å². The van der Waals surface area contributed by atoms with Crippen molar-refractivity contribution in [3.63, 3.8) is 0 Å². The monoisotopic (exact) mass is 349 g/mol. The molecule has 4 rings (SSSR count). The average Bonchev–Trinajstić information content (AvgIpc) is 3.15. The van der Waals surface area contributed by atoms with Crippen LogP contribution in [0.25, 0.3) is 0 Å². The molecule has 1 amide bonds. The molecule has 0 bridgehead atoms. The maximum atomic E-state index is 13.1. The maximum Gasteiger partial charge on any atom is 0.254 e. The molecule has 1 atom stereocenters. The number of anilines is 1. The Labute approximate surface area is 155 Å². The number of fused-ring (bicyclic) bond motifs is 1. The van der Waals surface area contributed by atoms with Crippen LogP contribution in [0.4, 0.5) is 5.69 Å². The molecule has 2 aromatic carbocycles. The highest BCUT2D eigenvalue weighted by Crippen LogP contribution is 2.27. The lowest BCUT2D eigenvalue weighted by Crippen LogP contribution is -2.39. The molecule has 2 aliphatic heterocycles. The summed E-state index contributed by atoms with van der Waals surface area (Å²) in [6.07, 6.45) is 3.13. The van der Waals surface area contributed by atoms with E-state index in [2.05, 4.69) is 46.6 Å². The molecule has 0 spiro atoms. The molecule has 1 fully saturated rings. The first-order chi connectivity index (χ1) is 12.7. The first-order valence-corrected chi connectivity index (χ1v) is 9.61. The van der Waals surface area contributed by atoms with Gasteiger partial charge in [-0.05, 0) is 42.5 Å². The number of likely N-dealkylation sites (N-methyl/N-ethyl adjacent to an activating group) is 1. The fraction of sp³-hybridized carbons (Fsp3) is 0.409. The number of hydrogen-bond donors (Lipinski definition) is 1. The first-order valence-electron chi connectivity index (χ1n) is 9.61. The average molecular weight is 349 g/mol. The molecule has 4 nitrogen and oxygen atoms in total. The number of amides is 1. The minimum absolute atomic E-state index is 0.164. The minimum atomic E-state index is 0.164. The molecule has 0 aliphatic carbocycles. The van der Waals surface area contributed by atoms with Gasteiger partial charge in [-0.1, -0.05) is 36.4 Å². The van der Waals surface area contributed by atoms with Gasteiger partial charge in [0.25, 0.3) is 5.91 Å². The summed E-state index contributed by atoms with van der Waals surface area (Å²) < 4.78 is 0. The highest BCUT2D eigenvalue weighted by atomic mass is 16.2. The van der Waals surface area contributed by atoms with Gasteiger partial charge in [0, 0.05) is 50.5 Å². The van der Waals surface area contributed by atoms with E-state index in [1.54, 1.807) is 0 Å². The third-order valence-electron chi connectivity index (χ3n) is 5.69. The SMILES string of the molecule is CN(C(=O)c1cccc2c1CCCN2)C1CCN(Cc2ccccc2)C1. The van der Waals surface area contributed by atoms with Crippen molar-refractivity contribution in [3.05, 3.63) is 65.2 Å². The van der Waals surface area contributed by atoms with Crippen LogP contribution >= 0.6 is 0 Å². The number of benzene rings is 2. The Hall–Kier alpha value is -2.33. The minimum Gasteiger partial charge on any atom is -0.385 e. The van der Waals surface area contributed by atoms with Crippen LogP contribution in [0.3, 0.4) is 0 Å². The third kappa shape index (κ3) is 3.47. The second-order valence-corrected chi connectivity index (χ2v) is 7.44. The molecule has 1 N–H and O–H groups in total. The van der Waals surface area contributed by atoms with E-state index in [1.807, 2.05) is 24.1 Å². The summed E-state index contributed by atoms with van der Waals surface area (Å²) in [4.78, 5) is 17.6. The van der Waals surface area contributed by atoms with Crippen molar-refractivity contribution in [2.45, 2.75) is 31.8 Å². The predicted octanol–water partition coefficient (Wildman–Crippen LogP) is 3.39. The predicted molar refractivity (Wildman–Crippen MR) is 105 cm³/mol. The lowest BCUT2D eigenvalue weighted by molar-refractivity contribution is 0.0733. The quantitative estimate of drug-likeness (QED) is 0.919. The second kappa shape index (κ2) is 7.50. The Morgan fingerprint density at radius 1 is 1.19 bits per heavy atom. The summed E-state index contributed by atoms with van der Waals surface area (Å²) in [6.45, 7) is 3.96. The number of nitrogens with zero attached hydrogens (tertiary/aromatic N) is 2.